The molecule has 0 spiro atoms. The summed E-state index contributed by atoms with van der Waals surface area (Å²) >= 11 is 18.7. The number of hydrogen-bond acceptors (Lipinski definition) is 21. The van der Waals surface area contributed by atoms with Crippen molar-refractivity contribution < 1.29 is 104 Å². The Balaban J connectivity index is 0.000000263. The van der Waals surface area contributed by atoms with Crippen LogP contribution in [-0.2, 0) is 102 Å². The summed E-state index contributed by atoms with van der Waals surface area (Å²) in [6.07, 6.45) is 15.7. The Hall–Kier alpha value is -7.31. The number of carboxylic acid groups (broad SMARTS) is 1. The summed E-state index contributed by atoms with van der Waals surface area (Å²) in [5.74, 6) is -5.89. The Morgan fingerprint density at radius 2 is 0.758 bits per heavy atom. The molecule has 0 bridgehead atoms. The van der Waals surface area contributed by atoms with Gasteiger partial charge in [0.2, 0.25) is 59.2 Å². The third-order valence-electron chi connectivity index (χ3n) is 20.2. The predicted molar refractivity (Wildman–Crippen MR) is 461 cm³/mol. The quantitative estimate of drug-likeness (QED) is 0.0353. The molecule has 27 nitrogen and oxygen atoms in total. The summed E-state index contributed by atoms with van der Waals surface area (Å²) in [5.41, 5.74) is 12.7. The molecule has 9 aromatic rings. The fraction of sp³-hybridized carbons (Fsp3) is 0.333. The van der Waals surface area contributed by atoms with Crippen molar-refractivity contribution in [3.8, 4) is 33.4 Å². The number of carbonyl (C=O) groups excluding carboxylic acids is 2. The molecule has 3 atom stereocenters. The number of piperidine rings is 1. The number of halogens is 5. The minimum absolute atomic E-state index is 0. The third-order valence-corrected chi connectivity index (χ3v) is 31.9. The molecule has 642 valence electrons. The van der Waals surface area contributed by atoms with E-state index in [4.69, 9.17) is 39.9 Å². The molecule has 6 aromatic carbocycles. The molecule has 0 saturated carbocycles. The number of methoxy groups -OCH3 is 2. The van der Waals surface area contributed by atoms with E-state index in [1.807, 2.05) is 80.7 Å². The van der Waals surface area contributed by atoms with Crippen LogP contribution in [0, 0.1) is 20.8 Å². The number of rotatable bonds is 23. The number of sulfonamides is 5. The second-order valence-corrected chi connectivity index (χ2v) is 41.0. The first kappa shape index (κ1) is 101. The van der Waals surface area contributed by atoms with E-state index < -0.39 is 106 Å². The van der Waals surface area contributed by atoms with E-state index in [9.17, 15) is 64.9 Å². The number of aromatic nitrogens is 3. The van der Waals surface area contributed by atoms with Crippen LogP contribution in [0.3, 0.4) is 0 Å². The molecule has 3 aliphatic rings. The van der Waals surface area contributed by atoms with Crippen molar-refractivity contribution in [2.75, 3.05) is 77.3 Å². The molecule has 120 heavy (non-hydrogen) atoms. The molecule has 3 fully saturated rings. The molecule has 0 radical (unpaired) electrons. The topological polar surface area (TPSA) is 380 Å². The van der Waals surface area contributed by atoms with Crippen molar-refractivity contribution in [3.05, 3.63) is 248 Å². The summed E-state index contributed by atoms with van der Waals surface area (Å²) < 4.78 is 170. The van der Waals surface area contributed by atoms with Crippen LogP contribution in [0.2, 0.25) is 15.1 Å². The van der Waals surface area contributed by atoms with Crippen LogP contribution in [0.15, 0.2) is 197 Å². The molecule has 3 aliphatic heterocycles. The molecule has 3 aromatic heterocycles. The average Bonchev–Trinajstić information content (AvgIpc) is 0.763. The molecule has 6 heterocycles. The van der Waals surface area contributed by atoms with Crippen molar-refractivity contribution >= 4 is 135 Å². The van der Waals surface area contributed by atoms with Gasteiger partial charge in [0.15, 0.2) is 17.3 Å². The van der Waals surface area contributed by atoms with Gasteiger partial charge in [-0.3, -0.25) is 29.3 Å². The van der Waals surface area contributed by atoms with E-state index in [-0.39, 0.29) is 91.8 Å². The zero-order valence-corrected chi connectivity index (χ0v) is 75.9. The third kappa shape index (κ3) is 24.8. The van der Waals surface area contributed by atoms with Crippen LogP contribution in [0.25, 0.3) is 33.4 Å². The maximum atomic E-state index is 14.0. The van der Waals surface area contributed by atoms with Crippen molar-refractivity contribution in [2.45, 2.75) is 113 Å². The van der Waals surface area contributed by atoms with E-state index >= 15 is 0 Å². The zero-order valence-electron chi connectivity index (χ0n) is 67.1. The molecule has 12 rings (SSSR count). The Labute approximate surface area is 740 Å². The monoisotopic (exact) mass is 1850 g/mol. The number of carboxylic acids is 1. The maximum Gasteiger partial charge on any atom is 1.00 e. The summed E-state index contributed by atoms with van der Waals surface area (Å²) in [7, 11) is -16.9. The second kappa shape index (κ2) is 44.3. The Morgan fingerprint density at radius 1 is 0.442 bits per heavy atom. The van der Waals surface area contributed by atoms with E-state index in [0.717, 1.165) is 111 Å². The van der Waals surface area contributed by atoms with Gasteiger partial charge >= 0.3 is 36.8 Å². The number of carbonyl (C=O) groups is 3. The van der Waals surface area contributed by atoms with Gasteiger partial charge in [0, 0.05) is 109 Å². The molecule has 0 aliphatic carbocycles. The molecule has 39 heteroatoms. The Bertz CT molecular complexity index is 5880. The van der Waals surface area contributed by atoms with Crippen molar-refractivity contribution in [2.24, 2.45) is 0 Å². The average molecular weight is 1860 g/mol. The van der Waals surface area contributed by atoms with Gasteiger partial charge in [-0.05, 0) is 209 Å². The normalized spacial score (nSPS) is 16.4. The van der Waals surface area contributed by atoms with Gasteiger partial charge in [0.1, 0.15) is 0 Å². The van der Waals surface area contributed by atoms with Crippen molar-refractivity contribution in [1.29, 1.82) is 0 Å². The Kier molecular flexibility index (Phi) is 37.5. The van der Waals surface area contributed by atoms with Crippen LogP contribution >= 0.6 is 57.9 Å². The van der Waals surface area contributed by atoms with Gasteiger partial charge in [-0.25, -0.2) is 50.5 Å². The van der Waals surface area contributed by atoms with E-state index in [0.29, 0.717) is 54.3 Å². The fourth-order valence-electron chi connectivity index (χ4n) is 14.1. The largest absolute Gasteiger partial charge is 1.00 e. The SMILES string of the molecule is CCc1cnccc1-c1cccc(C2CCCCN2S(=O)(=O)c2cccc(Cl)c2C)c1.CCc1cnccc1-c1cccc(C2CN(S(=O)(=O)CC(=O)O)CCN2S(=O)(=O)c2cccc(Cl)c2C)c1.CCc1cnccc1-c1cccc(C2CN(S(=O)(=O)CC(=O)OC)CCN2S(=O)(=O)c2cccc(Cl)c2C)c1.COC(=O)CS(=O)(=O)Cl.Cl.[Li+].[OH-]. The molecular weight excluding hydrogens is 1770 g/mol. The first-order chi connectivity index (χ1) is 55.3. The number of hydrogen-bond donors (Lipinski definition) is 1. The number of nitrogens with zero attached hydrogens (tertiary/aromatic N) is 8. The number of aryl methyl sites for hydroxylation is 3. The summed E-state index contributed by atoms with van der Waals surface area (Å²) in [4.78, 5) is 46.2. The number of benzene rings is 6. The van der Waals surface area contributed by atoms with Gasteiger partial charge in [-0.15, -0.1) is 12.4 Å². The maximum absolute atomic E-state index is 14.0. The number of pyridine rings is 3. The molecule has 3 saturated heterocycles. The van der Waals surface area contributed by atoms with Gasteiger partial charge in [0.05, 0.1) is 47.0 Å². The summed E-state index contributed by atoms with van der Waals surface area (Å²) in [5, 5.41) is 10.2. The predicted octanol–water partition coefficient (Wildman–Crippen LogP) is 10.7. The standard InChI is InChI=1S/C27H30ClN3O6S2.C26H28ClN3O6S2.C25H27ClN2O2S.C3H5ClO4S.ClH.Li.H2O/c1-4-20-16-29-12-11-23(20)21-7-5-8-22(15-21)25-17-30(38(33,34)18-27(32)37-3)13-14-31(25)39(35,36)26-10-6-9-24(28)19(26)2;1-3-19-15-28-11-10-22(19)20-6-4-7-21(14-20)24-16-29(37(33,34)17-26(31)32)12-13-30(24)38(35,36)25-9-5-8-23(27)18(25)2;1-3-19-17-27-14-13-22(19)20-8-6-9-21(16-20)24-11-4-5-15-28(24)31(29,30)25-12-7-10-23(26)18(25)2;1-8-3(5)2-9(4,6)7;;;/h5-12,15-16,25H,4,13-14,17-18H2,1-3H3;4-11,14-15,24H,3,12-13,16-17H2,1-2H3,(H,31,32);6-10,12-14,16-17,24H,3-5,11,15H2,1-2H3;2H2,1H3;1H;;1H2/q;;;;;+1;/p-1. The first-order valence-corrected chi connectivity index (χ1v) is 48.1. The van der Waals surface area contributed by atoms with Crippen LogP contribution in [0.4, 0.5) is 0 Å². The van der Waals surface area contributed by atoms with Crippen LogP contribution in [0.1, 0.15) is 108 Å². The molecule has 0 amide bonds. The van der Waals surface area contributed by atoms with Crippen LogP contribution in [0.5, 0.6) is 0 Å². The first-order valence-electron chi connectivity index (χ1n) is 37.0. The fourth-order valence-corrected chi connectivity index (χ4v) is 23.6. The number of piperazine rings is 2. The summed E-state index contributed by atoms with van der Waals surface area (Å²) in [6, 6.07) is 41.3. The van der Waals surface area contributed by atoms with Gasteiger partial charge in [0.25, 0.3) is 0 Å². The molecule has 2 N–H and O–H groups in total. The van der Waals surface area contributed by atoms with Crippen LogP contribution < -0.4 is 18.9 Å². The number of aliphatic carboxylic acids is 1. The Morgan fingerprint density at radius 3 is 1.07 bits per heavy atom. The van der Waals surface area contributed by atoms with E-state index in [1.165, 1.54) is 26.3 Å². The van der Waals surface area contributed by atoms with Crippen molar-refractivity contribution in [1.82, 2.24) is 36.5 Å². The molecular formula is C81H92Cl5LiN8O19S6. The minimum atomic E-state index is -4.16. The molecule has 3 unspecified atom stereocenters. The minimum Gasteiger partial charge on any atom is -0.870 e. The number of ether oxygens (including phenoxy) is 2. The van der Waals surface area contributed by atoms with Crippen molar-refractivity contribution in [3.63, 3.8) is 0 Å². The smallest absolute Gasteiger partial charge is 0.870 e. The van der Waals surface area contributed by atoms with Gasteiger partial charge in [-0.2, -0.15) is 21.5 Å². The summed E-state index contributed by atoms with van der Waals surface area (Å²) in [6.45, 7) is 10.7. The van der Waals surface area contributed by atoms with E-state index in [1.54, 1.807) is 117 Å². The van der Waals surface area contributed by atoms with Gasteiger partial charge in [-0.1, -0.05) is 135 Å². The van der Waals surface area contributed by atoms with Crippen LogP contribution in [-0.4, -0.2) is 193 Å². The van der Waals surface area contributed by atoms with E-state index in [2.05, 4.69) is 54.2 Å². The van der Waals surface area contributed by atoms with Gasteiger partial charge < -0.3 is 20.1 Å². The number of esters is 2. The zero-order chi connectivity index (χ0) is 85.5. The second-order valence-electron chi connectivity index (χ2n) is 27.5.